The second-order valence-corrected chi connectivity index (χ2v) is 6.38. The van der Waals surface area contributed by atoms with E-state index in [0.29, 0.717) is 6.54 Å². The molecule has 0 bridgehead atoms. The predicted octanol–water partition coefficient (Wildman–Crippen LogP) is 1.39. The molecule has 1 heterocycles. The van der Waals surface area contributed by atoms with Crippen LogP contribution in [0.5, 0.6) is 0 Å². The summed E-state index contributed by atoms with van der Waals surface area (Å²) in [7, 11) is 4.21. The highest BCUT2D eigenvalue weighted by Gasteiger charge is 2.24. The SMILES string of the molecule is CCN(C)c1ccccc1CNC(=O)C(C)N1CCN(C)CC1. The van der Waals surface area contributed by atoms with Crippen LogP contribution in [0.1, 0.15) is 19.4 Å². The molecule has 0 radical (unpaired) electrons. The van der Waals surface area contributed by atoms with Gasteiger partial charge in [0.15, 0.2) is 0 Å². The van der Waals surface area contributed by atoms with Crippen molar-refractivity contribution in [2.45, 2.75) is 26.4 Å². The zero-order chi connectivity index (χ0) is 16.8. The number of anilines is 1. The molecule has 1 aromatic carbocycles. The van der Waals surface area contributed by atoms with Crippen molar-refractivity contribution < 1.29 is 4.79 Å². The summed E-state index contributed by atoms with van der Waals surface area (Å²) in [5, 5.41) is 3.11. The monoisotopic (exact) mass is 318 g/mol. The molecule has 1 atom stereocenters. The smallest absolute Gasteiger partial charge is 0.237 e. The van der Waals surface area contributed by atoms with Crippen molar-refractivity contribution in [3.05, 3.63) is 29.8 Å². The summed E-state index contributed by atoms with van der Waals surface area (Å²) in [5.74, 6) is 0.114. The van der Waals surface area contributed by atoms with E-state index in [1.165, 1.54) is 5.69 Å². The molecule has 0 aliphatic carbocycles. The van der Waals surface area contributed by atoms with Gasteiger partial charge in [-0.3, -0.25) is 9.69 Å². The van der Waals surface area contributed by atoms with E-state index >= 15 is 0 Å². The maximum absolute atomic E-state index is 12.5. The molecule has 1 aromatic rings. The topological polar surface area (TPSA) is 38.8 Å². The van der Waals surface area contributed by atoms with Crippen molar-refractivity contribution in [2.75, 3.05) is 51.7 Å². The van der Waals surface area contributed by atoms with Crippen LogP contribution in [0.25, 0.3) is 0 Å². The molecular formula is C18H30N4O. The molecule has 1 aliphatic rings. The Morgan fingerprint density at radius 3 is 2.57 bits per heavy atom. The van der Waals surface area contributed by atoms with Gasteiger partial charge >= 0.3 is 0 Å². The second-order valence-electron chi connectivity index (χ2n) is 6.38. The van der Waals surface area contributed by atoms with Gasteiger partial charge in [-0.2, -0.15) is 0 Å². The lowest BCUT2D eigenvalue weighted by Gasteiger charge is -2.35. The van der Waals surface area contributed by atoms with Crippen molar-refractivity contribution in [1.82, 2.24) is 15.1 Å². The minimum Gasteiger partial charge on any atom is -0.375 e. The summed E-state index contributed by atoms with van der Waals surface area (Å²) >= 11 is 0. The third-order valence-corrected chi connectivity index (χ3v) is 4.80. The van der Waals surface area contributed by atoms with Crippen LogP contribution in [0, 0.1) is 0 Å². The molecule has 1 fully saturated rings. The number of nitrogens with one attached hydrogen (secondary N) is 1. The lowest BCUT2D eigenvalue weighted by Crippen LogP contribution is -2.52. The molecule has 0 spiro atoms. The van der Waals surface area contributed by atoms with E-state index in [9.17, 15) is 4.79 Å². The first kappa shape index (κ1) is 17.8. The van der Waals surface area contributed by atoms with Crippen molar-refractivity contribution in [2.24, 2.45) is 0 Å². The van der Waals surface area contributed by atoms with Crippen molar-refractivity contribution in [1.29, 1.82) is 0 Å². The summed E-state index contributed by atoms with van der Waals surface area (Å²) < 4.78 is 0. The van der Waals surface area contributed by atoms with Crippen LogP contribution in [-0.4, -0.2) is 68.6 Å². The van der Waals surface area contributed by atoms with Gasteiger partial charge in [-0.25, -0.2) is 0 Å². The van der Waals surface area contributed by atoms with Crippen molar-refractivity contribution in [3.8, 4) is 0 Å². The first-order chi connectivity index (χ1) is 11.0. The standard InChI is InChI=1S/C18H30N4O/c1-5-21(4)17-9-7-6-8-16(17)14-19-18(23)15(2)22-12-10-20(3)11-13-22/h6-9,15H,5,10-14H2,1-4H3,(H,19,23). The lowest BCUT2D eigenvalue weighted by molar-refractivity contribution is -0.126. The minimum absolute atomic E-state index is 0.0697. The Kier molecular flexibility index (Phi) is 6.42. The van der Waals surface area contributed by atoms with Gasteiger partial charge in [-0.05, 0) is 32.5 Å². The maximum atomic E-state index is 12.5. The highest BCUT2D eigenvalue weighted by Crippen LogP contribution is 2.18. The van der Waals surface area contributed by atoms with Gasteiger partial charge in [0, 0.05) is 52.0 Å². The number of hydrogen-bond acceptors (Lipinski definition) is 4. The molecule has 1 unspecified atom stereocenters. The summed E-state index contributed by atoms with van der Waals surface area (Å²) in [5.41, 5.74) is 2.35. The van der Waals surface area contributed by atoms with Gasteiger partial charge in [0.05, 0.1) is 6.04 Å². The Morgan fingerprint density at radius 1 is 1.26 bits per heavy atom. The van der Waals surface area contributed by atoms with Gasteiger partial charge in [0.1, 0.15) is 0 Å². The fraction of sp³-hybridized carbons (Fsp3) is 0.611. The predicted molar refractivity (Wildman–Crippen MR) is 95.8 cm³/mol. The number of likely N-dealkylation sites (N-methyl/N-ethyl adjacent to an activating group) is 1. The zero-order valence-corrected chi connectivity index (χ0v) is 14.9. The van der Waals surface area contributed by atoms with Gasteiger partial charge in [-0.1, -0.05) is 18.2 Å². The number of para-hydroxylation sites is 1. The average Bonchev–Trinajstić information content (AvgIpc) is 2.59. The van der Waals surface area contributed by atoms with Gasteiger partial charge < -0.3 is 15.1 Å². The van der Waals surface area contributed by atoms with Gasteiger partial charge in [-0.15, -0.1) is 0 Å². The number of piperazine rings is 1. The van der Waals surface area contributed by atoms with Crippen LogP contribution in [0.15, 0.2) is 24.3 Å². The zero-order valence-electron chi connectivity index (χ0n) is 14.9. The van der Waals surface area contributed by atoms with Crippen LogP contribution >= 0.6 is 0 Å². The Hall–Kier alpha value is -1.59. The molecule has 1 N–H and O–H groups in total. The average molecular weight is 318 g/mol. The number of hydrogen-bond donors (Lipinski definition) is 1. The Balaban J connectivity index is 1.91. The number of rotatable bonds is 6. The molecule has 0 saturated carbocycles. The highest BCUT2D eigenvalue weighted by atomic mass is 16.2. The van der Waals surface area contributed by atoms with Crippen LogP contribution in [-0.2, 0) is 11.3 Å². The third kappa shape index (κ3) is 4.69. The van der Waals surface area contributed by atoms with Crippen molar-refractivity contribution in [3.63, 3.8) is 0 Å². The molecule has 0 aromatic heterocycles. The van der Waals surface area contributed by atoms with Gasteiger partial charge in [0.25, 0.3) is 0 Å². The largest absolute Gasteiger partial charge is 0.375 e. The van der Waals surface area contributed by atoms with E-state index in [1.54, 1.807) is 0 Å². The molecule has 1 amide bonds. The van der Waals surface area contributed by atoms with Crippen LogP contribution in [0.4, 0.5) is 5.69 Å². The minimum atomic E-state index is -0.0697. The van der Waals surface area contributed by atoms with E-state index in [0.717, 1.165) is 38.3 Å². The Labute approximate surface area is 140 Å². The molecule has 1 saturated heterocycles. The summed E-state index contributed by atoms with van der Waals surface area (Å²) in [4.78, 5) is 19.2. The number of nitrogens with zero attached hydrogens (tertiary/aromatic N) is 3. The molecule has 2 rings (SSSR count). The molecule has 5 heteroatoms. The molecule has 5 nitrogen and oxygen atoms in total. The summed E-state index contributed by atoms with van der Waals surface area (Å²) in [6, 6.07) is 8.19. The summed E-state index contributed by atoms with van der Waals surface area (Å²) in [6.45, 7) is 9.64. The third-order valence-electron chi connectivity index (χ3n) is 4.80. The lowest BCUT2D eigenvalue weighted by atomic mass is 10.1. The van der Waals surface area contributed by atoms with E-state index in [-0.39, 0.29) is 11.9 Å². The van der Waals surface area contributed by atoms with Crippen LogP contribution in [0.2, 0.25) is 0 Å². The number of carbonyl (C=O) groups excluding carboxylic acids is 1. The van der Waals surface area contributed by atoms with Gasteiger partial charge in [0.2, 0.25) is 5.91 Å². The second kappa shape index (κ2) is 8.31. The fourth-order valence-electron chi connectivity index (χ4n) is 2.91. The fourth-order valence-corrected chi connectivity index (χ4v) is 2.91. The van der Waals surface area contributed by atoms with Crippen LogP contribution < -0.4 is 10.2 Å². The highest BCUT2D eigenvalue weighted by molar-refractivity contribution is 5.81. The van der Waals surface area contributed by atoms with Crippen LogP contribution in [0.3, 0.4) is 0 Å². The van der Waals surface area contributed by atoms with E-state index in [1.807, 2.05) is 19.1 Å². The number of carbonyl (C=O) groups is 1. The maximum Gasteiger partial charge on any atom is 0.237 e. The first-order valence-electron chi connectivity index (χ1n) is 8.52. The van der Waals surface area contributed by atoms with E-state index in [2.05, 4.69) is 53.2 Å². The summed E-state index contributed by atoms with van der Waals surface area (Å²) in [6.07, 6.45) is 0. The molecule has 128 valence electrons. The Morgan fingerprint density at radius 2 is 1.91 bits per heavy atom. The molecule has 1 aliphatic heterocycles. The number of benzene rings is 1. The molecule has 23 heavy (non-hydrogen) atoms. The molecular weight excluding hydrogens is 288 g/mol. The first-order valence-corrected chi connectivity index (χ1v) is 8.52. The van der Waals surface area contributed by atoms with Crippen molar-refractivity contribution >= 4 is 11.6 Å². The van der Waals surface area contributed by atoms with E-state index in [4.69, 9.17) is 0 Å². The Bertz CT molecular complexity index is 511. The normalized spacial score (nSPS) is 17.7. The quantitative estimate of drug-likeness (QED) is 0.860. The van der Waals surface area contributed by atoms with E-state index < -0.39 is 0 Å². The number of amides is 1.